The minimum atomic E-state index is -0.112. The maximum atomic E-state index is 11.4. The molecule has 2 rings (SSSR count). The van der Waals surface area contributed by atoms with Crippen LogP contribution in [0.1, 0.15) is 26.7 Å². The molecule has 1 aliphatic carbocycles. The number of nitrogens with one attached hydrogen (secondary N) is 2. The highest BCUT2D eigenvalue weighted by Gasteiger charge is 2.21. The molecule has 2 N–H and O–H groups in total. The monoisotopic (exact) mass is 256 g/mol. The predicted molar refractivity (Wildman–Crippen MR) is 69.4 cm³/mol. The Balaban J connectivity index is 1.77. The molecule has 1 aromatic rings. The first-order valence-corrected chi connectivity index (χ1v) is 7.20. The van der Waals surface area contributed by atoms with Crippen molar-refractivity contribution in [3.05, 3.63) is 10.5 Å². The summed E-state index contributed by atoms with van der Waals surface area (Å²) in [6, 6.07) is 0.765. The molecule has 1 heterocycles. The van der Waals surface area contributed by atoms with Crippen LogP contribution in [0.25, 0.3) is 0 Å². The number of rotatable bonds is 7. The van der Waals surface area contributed by atoms with Crippen molar-refractivity contribution in [3.63, 3.8) is 0 Å². The van der Waals surface area contributed by atoms with E-state index in [-0.39, 0.29) is 5.69 Å². The molecule has 6 heteroatoms. The molecule has 1 fully saturated rings. The fraction of sp³-hybridized carbons (Fsp3) is 0.818. The van der Waals surface area contributed by atoms with Crippen LogP contribution in [0.15, 0.2) is 9.95 Å². The molecule has 5 nitrogen and oxygen atoms in total. The minimum absolute atomic E-state index is 0.112. The van der Waals surface area contributed by atoms with Gasteiger partial charge in [0.25, 0.3) is 0 Å². The van der Waals surface area contributed by atoms with Gasteiger partial charge in [-0.2, -0.15) is 0 Å². The van der Waals surface area contributed by atoms with Gasteiger partial charge in [-0.1, -0.05) is 18.7 Å². The Morgan fingerprint density at radius 2 is 2.41 bits per heavy atom. The van der Waals surface area contributed by atoms with Gasteiger partial charge in [0.05, 0.1) is 0 Å². The molecule has 1 aliphatic rings. The number of nitrogens with zero attached hydrogens (tertiary/aromatic N) is 2. The number of hydrogen-bond donors (Lipinski definition) is 2. The first-order valence-electron chi connectivity index (χ1n) is 6.22. The number of H-pyrrole nitrogens is 1. The third-order valence-corrected chi connectivity index (χ3v) is 4.17. The molecule has 1 saturated carbocycles. The molecule has 1 unspecified atom stereocenters. The number of thioether (sulfide) groups is 1. The van der Waals surface area contributed by atoms with Crippen molar-refractivity contribution < 1.29 is 0 Å². The second-order valence-corrected chi connectivity index (χ2v) is 5.64. The lowest BCUT2D eigenvalue weighted by molar-refractivity contribution is 0.555. The van der Waals surface area contributed by atoms with E-state index in [1.807, 2.05) is 6.92 Å². The molecule has 96 valence electrons. The zero-order valence-corrected chi connectivity index (χ0v) is 11.2. The van der Waals surface area contributed by atoms with Gasteiger partial charge in [-0.3, -0.25) is 4.57 Å². The molecule has 1 atom stereocenters. The minimum Gasteiger partial charge on any atom is -0.314 e. The highest BCUT2D eigenvalue weighted by molar-refractivity contribution is 7.99. The summed E-state index contributed by atoms with van der Waals surface area (Å²) in [7, 11) is 0. The Bertz CT molecular complexity index is 410. The summed E-state index contributed by atoms with van der Waals surface area (Å²) in [5.41, 5.74) is -0.112. The average Bonchev–Trinajstić information content (AvgIpc) is 3.08. The van der Waals surface area contributed by atoms with Crippen LogP contribution >= 0.6 is 11.8 Å². The van der Waals surface area contributed by atoms with Crippen LogP contribution in [0.5, 0.6) is 0 Å². The first kappa shape index (κ1) is 12.7. The molecule has 17 heavy (non-hydrogen) atoms. The summed E-state index contributed by atoms with van der Waals surface area (Å²) >= 11 is 1.65. The standard InChI is InChI=1S/C11H20N4OS/c1-3-15-10(16)13-14-11(15)17-7-8(2)6-12-9-4-5-9/h8-9,12H,3-7H2,1-2H3,(H,13,16). The van der Waals surface area contributed by atoms with Gasteiger partial charge >= 0.3 is 5.69 Å². The van der Waals surface area contributed by atoms with Crippen LogP contribution < -0.4 is 11.0 Å². The maximum Gasteiger partial charge on any atom is 0.343 e. The van der Waals surface area contributed by atoms with Crippen molar-refractivity contribution in [1.82, 2.24) is 20.1 Å². The third kappa shape index (κ3) is 3.61. The zero-order chi connectivity index (χ0) is 12.3. The third-order valence-electron chi connectivity index (χ3n) is 2.87. The summed E-state index contributed by atoms with van der Waals surface area (Å²) in [5.74, 6) is 1.59. The summed E-state index contributed by atoms with van der Waals surface area (Å²) in [4.78, 5) is 11.4. The quantitative estimate of drug-likeness (QED) is 0.716. The average molecular weight is 256 g/mol. The van der Waals surface area contributed by atoms with Gasteiger partial charge in [-0.25, -0.2) is 9.89 Å². The van der Waals surface area contributed by atoms with Gasteiger partial charge in [0.15, 0.2) is 5.16 Å². The topological polar surface area (TPSA) is 62.7 Å². The molecule has 0 aliphatic heterocycles. The summed E-state index contributed by atoms with van der Waals surface area (Å²) in [5, 5.41) is 10.8. The van der Waals surface area contributed by atoms with Crippen LogP contribution in [0.3, 0.4) is 0 Å². The van der Waals surface area contributed by atoms with E-state index >= 15 is 0 Å². The lowest BCUT2D eigenvalue weighted by Crippen LogP contribution is -2.24. The highest BCUT2D eigenvalue weighted by atomic mass is 32.2. The lowest BCUT2D eigenvalue weighted by atomic mass is 10.2. The number of aromatic amines is 1. The second kappa shape index (κ2) is 5.73. The van der Waals surface area contributed by atoms with Crippen molar-refractivity contribution >= 4 is 11.8 Å². The van der Waals surface area contributed by atoms with Gasteiger partial charge in [0.1, 0.15) is 0 Å². The molecular formula is C11H20N4OS. The second-order valence-electron chi connectivity index (χ2n) is 4.65. The Labute approximate surface area is 105 Å². The predicted octanol–water partition coefficient (Wildman–Crippen LogP) is 1.07. The van der Waals surface area contributed by atoms with Crippen molar-refractivity contribution in [1.29, 1.82) is 0 Å². The van der Waals surface area contributed by atoms with E-state index in [9.17, 15) is 4.79 Å². The molecule has 0 saturated heterocycles. The van der Waals surface area contributed by atoms with Crippen molar-refractivity contribution in [2.24, 2.45) is 5.92 Å². The van der Waals surface area contributed by atoms with Crippen molar-refractivity contribution in [2.75, 3.05) is 12.3 Å². The highest BCUT2D eigenvalue weighted by Crippen LogP contribution is 2.20. The smallest absolute Gasteiger partial charge is 0.314 e. The van der Waals surface area contributed by atoms with Gasteiger partial charge in [-0.05, 0) is 32.2 Å². The van der Waals surface area contributed by atoms with Crippen LogP contribution in [-0.2, 0) is 6.54 Å². The van der Waals surface area contributed by atoms with E-state index in [1.165, 1.54) is 12.8 Å². The Hall–Kier alpha value is -0.750. The van der Waals surface area contributed by atoms with E-state index in [2.05, 4.69) is 22.4 Å². The molecular weight excluding hydrogens is 236 g/mol. The van der Waals surface area contributed by atoms with E-state index in [1.54, 1.807) is 16.3 Å². The Morgan fingerprint density at radius 1 is 1.65 bits per heavy atom. The van der Waals surface area contributed by atoms with Gasteiger partial charge < -0.3 is 5.32 Å². The van der Waals surface area contributed by atoms with E-state index in [0.717, 1.165) is 23.5 Å². The summed E-state index contributed by atoms with van der Waals surface area (Å²) in [6.07, 6.45) is 2.66. The van der Waals surface area contributed by atoms with Crippen LogP contribution in [-0.4, -0.2) is 33.1 Å². The molecule has 1 aromatic heterocycles. The largest absolute Gasteiger partial charge is 0.343 e. The van der Waals surface area contributed by atoms with Crippen molar-refractivity contribution in [2.45, 2.75) is 44.4 Å². The zero-order valence-electron chi connectivity index (χ0n) is 10.4. The van der Waals surface area contributed by atoms with E-state index in [0.29, 0.717) is 12.5 Å². The normalized spacial score (nSPS) is 17.3. The van der Waals surface area contributed by atoms with Crippen molar-refractivity contribution in [3.8, 4) is 0 Å². The Kier molecular flexibility index (Phi) is 4.28. The van der Waals surface area contributed by atoms with Crippen LogP contribution in [0.2, 0.25) is 0 Å². The molecule has 0 radical (unpaired) electrons. The number of hydrogen-bond acceptors (Lipinski definition) is 4. The fourth-order valence-electron chi connectivity index (χ4n) is 1.62. The summed E-state index contributed by atoms with van der Waals surface area (Å²) < 4.78 is 1.67. The SMILES string of the molecule is CCn1c(SCC(C)CNC2CC2)n[nH]c1=O. The van der Waals surface area contributed by atoms with E-state index in [4.69, 9.17) is 0 Å². The molecule has 0 bridgehead atoms. The number of aromatic nitrogens is 3. The molecule has 0 spiro atoms. The van der Waals surface area contributed by atoms with Gasteiger partial charge in [0.2, 0.25) is 0 Å². The molecule has 0 aromatic carbocycles. The maximum absolute atomic E-state index is 11.4. The van der Waals surface area contributed by atoms with Gasteiger partial charge in [-0.15, -0.1) is 5.10 Å². The Morgan fingerprint density at radius 3 is 3.06 bits per heavy atom. The lowest BCUT2D eigenvalue weighted by Gasteiger charge is -2.11. The fourth-order valence-corrected chi connectivity index (χ4v) is 2.65. The van der Waals surface area contributed by atoms with Gasteiger partial charge in [0, 0.05) is 18.3 Å². The van der Waals surface area contributed by atoms with Crippen LogP contribution in [0, 0.1) is 5.92 Å². The first-order chi connectivity index (χ1) is 8.20. The molecule has 0 amide bonds. The van der Waals surface area contributed by atoms with Crippen LogP contribution in [0.4, 0.5) is 0 Å². The summed E-state index contributed by atoms with van der Waals surface area (Å²) in [6.45, 7) is 5.91. The van der Waals surface area contributed by atoms with E-state index < -0.39 is 0 Å².